The van der Waals surface area contributed by atoms with Crippen molar-refractivity contribution in [3.05, 3.63) is 71.9 Å². The van der Waals surface area contributed by atoms with E-state index in [-0.39, 0.29) is 10.7 Å². The molecule has 3 aromatic rings. The monoisotopic (exact) mass is 394 g/mol. The first kappa shape index (κ1) is 19.2. The van der Waals surface area contributed by atoms with Crippen LogP contribution in [-0.2, 0) is 10.0 Å². The molecule has 0 aliphatic carbocycles. The van der Waals surface area contributed by atoms with Gasteiger partial charge in [-0.25, -0.2) is 13.4 Å². The third kappa shape index (κ3) is 4.39. The maximum atomic E-state index is 12.6. The summed E-state index contributed by atoms with van der Waals surface area (Å²) in [4.78, 5) is 4.31. The third-order valence-electron chi connectivity index (χ3n) is 3.95. The first-order chi connectivity index (χ1) is 13.4. The lowest BCUT2D eigenvalue weighted by Crippen LogP contribution is -2.15. The molecular weight excluding hydrogens is 376 g/mol. The van der Waals surface area contributed by atoms with Crippen LogP contribution in [0, 0.1) is 18.3 Å². The standard InChI is InChI=1S/C20H18N4O3S/c1-14-10-18(27-2)7-8-19(14)28(25,26)24-20-9-6-17(13-22-20)23-16-5-3-4-15(11-16)12-21/h3-11,13,23H,1-2H3,(H,22,24). The summed E-state index contributed by atoms with van der Waals surface area (Å²) in [5.41, 5.74) is 2.52. The first-order valence-electron chi connectivity index (χ1n) is 8.32. The zero-order valence-corrected chi connectivity index (χ0v) is 16.1. The van der Waals surface area contributed by atoms with E-state index in [4.69, 9.17) is 10.00 Å². The van der Waals surface area contributed by atoms with Gasteiger partial charge >= 0.3 is 0 Å². The van der Waals surface area contributed by atoms with Gasteiger partial charge in [0.1, 0.15) is 11.6 Å². The molecule has 2 N–H and O–H groups in total. The zero-order chi connectivity index (χ0) is 20.1. The van der Waals surface area contributed by atoms with Gasteiger partial charge in [-0.15, -0.1) is 0 Å². The topological polar surface area (TPSA) is 104 Å². The van der Waals surface area contributed by atoms with E-state index in [0.29, 0.717) is 22.6 Å². The van der Waals surface area contributed by atoms with Gasteiger partial charge in [-0.2, -0.15) is 5.26 Å². The molecule has 0 aliphatic heterocycles. The molecule has 0 radical (unpaired) electrons. The Morgan fingerprint density at radius 2 is 1.89 bits per heavy atom. The van der Waals surface area contributed by atoms with Gasteiger partial charge in [-0.3, -0.25) is 4.72 Å². The average molecular weight is 394 g/mol. The predicted molar refractivity (Wildman–Crippen MR) is 107 cm³/mol. The van der Waals surface area contributed by atoms with Crippen LogP contribution in [0.4, 0.5) is 17.2 Å². The average Bonchev–Trinajstić information content (AvgIpc) is 2.69. The number of hydrogen-bond donors (Lipinski definition) is 2. The molecule has 0 aliphatic rings. The Morgan fingerprint density at radius 3 is 2.54 bits per heavy atom. The number of rotatable bonds is 6. The van der Waals surface area contributed by atoms with Gasteiger partial charge in [-0.1, -0.05) is 6.07 Å². The van der Waals surface area contributed by atoms with Gasteiger partial charge in [0.15, 0.2) is 0 Å². The fraction of sp³-hybridized carbons (Fsp3) is 0.100. The number of ether oxygens (including phenoxy) is 1. The molecule has 0 saturated heterocycles. The van der Waals surface area contributed by atoms with Gasteiger partial charge in [0.05, 0.1) is 35.5 Å². The van der Waals surface area contributed by atoms with Crippen molar-refractivity contribution in [2.24, 2.45) is 0 Å². The van der Waals surface area contributed by atoms with E-state index >= 15 is 0 Å². The molecule has 1 heterocycles. The lowest BCUT2D eigenvalue weighted by atomic mass is 10.2. The van der Waals surface area contributed by atoms with Gasteiger partial charge in [0, 0.05) is 5.69 Å². The molecule has 8 heteroatoms. The van der Waals surface area contributed by atoms with E-state index in [1.54, 1.807) is 49.4 Å². The summed E-state index contributed by atoms with van der Waals surface area (Å²) in [6.45, 7) is 1.70. The molecule has 1 aromatic heterocycles. The summed E-state index contributed by atoms with van der Waals surface area (Å²) in [7, 11) is -2.25. The van der Waals surface area contributed by atoms with Gasteiger partial charge in [0.25, 0.3) is 10.0 Å². The highest BCUT2D eigenvalue weighted by atomic mass is 32.2. The molecule has 0 atom stereocenters. The summed E-state index contributed by atoms with van der Waals surface area (Å²) in [5.74, 6) is 0.789. The third-order valence-corrected chi connectivity index (χ3v) is 5.47. The van der Waals surface area contributed by atoms with Crippen molar-refractivity contribution >= 4 is 27.2 Å². The number of nitrogens with zero attached hydrogens (tertiary/aromatic N) is 2. The number of hydrogen-bond acceptors (Lipinski definition) is 6. The van der Waals surface area contributed by atoms with Gasteiger partial charge in [-0.05, 0) is 61.0 Å². The second kappa shape index (κ2) is 7.98. The van der Waals surface area contributed by atoms with Crippen LogP contribution in [-0.4, -0.2) is 20.5 Å². The molecule has 142 valence electrons. The smallest absolute Gasteiger partial charge is 0.263 e. The Morgan fingerprint density at radius 1 is 1.07 bits per heavy atom. The van der Waals surface area contributed by atoms with Crippen molar-refractivity contribution in [1.82, 2.24) is 4.98 Å². The number of aromatic nitrogens is 1. The SMILES string of the molecule is COc1ccc(S(=O)(=O)Nc2ccc(Nc3cccc(C#N)c3)cn2)c(C)c1. The lowest BCUT2D eigenvalue weighted by Gasteiger charge is -2.12. The van der Waals surface area contributed by atoms with Crippen molar-refractivity contribution in [3.63, 3.8) is 0 Å². The maximum Gasteiger partial charge on any atom is 0.263 e. The number of anilines is 3. The van der Waals surface area contributed by atoms with Crippen LogP contribution >= 0.6 is 0 Å². The molecule has 0 fully saturated rings. The minimum Gasteiger partial charge on any atom is -0.497 e. The number of pyridine rings is 1. The molecular formula is C20H18N4O3S. The minimum atomic E-state index is -3.77. The van der Waals surface area contributed by atoms with E-state index in [1.165, 1.54) is 19.4 Å². The molecule has 0 spiro atoms. The number of nitriles is 1. The summed E-state index contributed by atoms with van der Waals surface area (Å²) >= 11 is 0. The van der Waals surface area contributed by atoms with Crippen LogP contribution in [0.25, 0.3) is 0 Å². The summed E-state index contributed by atoms with van der Waals surface area (Å²) < 4.78 is 32.8. The molecule has 0 bridgehead atoms. The van der Waals surface area contributed by atoms with Crippen LogP contribution in [0.1, 0.15) is 11.1 Å². The number of benzene rings is 2. The zero-order valence-electron chi connectivity index (χ0n) is 15.3. The van der Waals surface area contributed by atoms with Crippen LogP contribution in [0.5, 0.6) is 5.75 Å². The van der Waals surface area contributed by atoms with Crippen molar-refractivity contribution in [2.75, 3.05) is 17.1 Å². The quantitative estimate of drug-likeness (QED) is 0.659. The molecule has 7 nitrogen and oxygen atoms in total. The largest absolute Gasteiger partial charge is 0.497 e. The molecule has 2 aromatic carbocycles. The van der Waals surface area contributed by atoms with Crippen molar-refractivity contribution in [1.29, 1.82) is 5.26 Å². The number of sulfonamides is 1. The highest BCUT2D eigenvalue weighted by Crippen LogP contribution is 2.24. The Labute approximate surface area is 163 Å². The van der Waals surface area contributed by atoms with E-state index < -0.39 is 10.0 Å². The molecule has 28 heavy (non-hydrogen) atoms. The van der Waals surface area contributed by atoms with Gasteiger partial charge in [0.2, 0.25) is 0 Å². The lowest BCUT2D eigenvalue weighted by molar-refractivity contribution is 0.414. The second-order valence-electron chi connectivity index (χ2n) is 5.99. The molecule has 0 saturated carbocycles. The Balaban J connectivity index is 1.75. The summed E-state index contributed by atoms with van der Waals surface area (Å²) in [5, 5.41) is 12.1. The number of nitrogens with one attached hydrogen (secondary N) is 2. The minimum absolute atomic E-state index is 0.158. The predicted octanol–water partition coefficient (Wildman–Crippen LogP) is 3.81. The van der Waals surface area contributed by atoms with Crippen molar-refractivity contribution in [3.8, 4) is 11.8 Å². The van der Waals surface area contributed by atoms with Gasteiger partial charge < -0.3 is 10.1 Å². The number of methoxy groups -OCH3 is 1. The molecule has 0 amide bonds. The normalized spacial score (nSPS) is 10.8. The number of aryl methyl sites for hydroxylation is 1. The van der Waals surface area contributed by atoms with E-state index in [0.717, 1.165) is 5.69 Å². The van der Waals surface area contributed by atoms with Crippen molar-refractivity contribution in [2.45, 2.75) is 11.8 Å². The maximum absolute atomic E-state index is 12.6. The second-order valence-corrected chi connectivity index (χ2v) is 7.64. The van der Waals surface area contributed by atoms with Crippen molar-refractivity contribution < 1.29 is 13.2 Å². The van der Waals surface area contributed by atoms with E-state index in [9.17, 15) is 8.42 Å². The highest BCUT2D eigenvalue weighted by molar-refractivity contribution is 7.92. The van der Waals surface area contributed by atoms with Crippen LogP contribution in [0.15, 0.2) is 65.7 Å². The Hall–Kier alpha value is -3.57. The fourth-order valence-corrected chi connectivity index (χ4v) is 3.84. The summed E-state index contributed by atoms with van der Waals surface area (Å²) in [6.07, 6.45) is 1.51. The Kier molecular flexibility index (Phi) is 5.47. The van der Waals surface area contributed by atoms with Crippen LogP contribution < -0.4 is 14.8 Å². The van der Waals surface area contributed by atoms with Crippen LogP contribution in [0.2, 0.25) is 0 Å². The summed E-state index contributed by atoms with van der Waals surface area (Å²) in [6, 6.07) is 17.1. The van der Waals surface area contributed by atoms with E-state index in [1.807, 2.05) is 6.07 Å². The molecule has 3 rings (SSSR count). The Bertz CT molecular complexity index is 1140. The first-order valence-corrected chi connectivity index (χ1v) is 9.80. The molecule has 0 unspecified atom stereocenters. The fourth-order valence-electron chi connectivity index (χ4n) is 2.60. The highest BCUT2D eigenvalue weighted by Gasteiger charge is 2.18. The van der Waals surface area contributed by atoms with E-state index in [2.05, 4.69) is 21.1 Å². The van der Waals surface area contributed by atoms with Crippen LogP contribution in [0.3, 0.4) is 0 Å².